The number of hydrogen-bond donors (Lipinski definition) is 0. The molecule has 0 saturated carbocycles. The van der Waals surface area contributed by atoms with Gasteiger partial charge in [-0.3, -0.25) is 4.79 Å². The molecule has 1 rings (SSSR count). The van der Waals surface area contributed by atoms with Crippen LogP contribution in [0.4, 0.5) is 4.39 Å². The van der Waals surface area contributed by atoms with Crippen molar-refractivity contribution in [3.8, 4) is 0 Å². The number of halogens is 3. The van der Waals surface area contributed by atoms with Gasteiger partial charge >= 0.3 is 0 Å². The maximum atomic E-state index is 13.7. The Morgan fingerprint density at radius 3 is 2.43 bits per heavy atom. The molecule has 4 nitrogen and oxygen atoms in total. The highest BCUT2D eigenvalue weighted by Gasteiger charge is 2.22. The smallest absolute Gasteiger partial charge is 0.261 e. The van der Waals surface area contributed by atoms with Crippen LogP contribution in [0, 0.1) is 11.7 Å². The van der Waals surface area contributed by atoms with Crippen molar-refractivity contribution >= 4 is 37.2 Å². The van der Waals surface area contributed by atoms with E-state index in [1.165, 1.54) is 4.90 Å². The lowest BCUT2D eigenvalue weighted by atomic mass is 10.1. The van der Waals surface area contributed by atoms with E-state index < -0.39 is 30.7 Å². The van der Waals surface area contributed by atoms with Gasteiger partial charge in [-0.25, -0.2) is 12.8 Å². The van der Waals surface area contributed by atoms with Crippen LogP contribution in [-0.4, -0.2) is 32.8 Å². The lowest BCUT2D eigenvalue weighted by molar-refractivity contribution is 0.0788. The summed E-state index contributed by atoms with van der Waals surface area (Å²) in [5.74, 6) is -1.16. The van der Waals surface area contributed by atoms with E-state index in [1.807, 2.05) is 13.8 Å². The predicted octanol–water partition coefficient (Wildman–Crippen LogP) is 3.52. The first-order valence-corrected chi connectivity index (χ1v) is 8.92. The third kappa shape index (κ3) is 4.83. The lowest BCUT2D eigenvalue weighted by Crippen LogP contribution is -2.29. The van der Waals surface area contributed by atoms with E-state index in [-0.39, 0.29) is 5.56 Å². The Morgan fingerprint density at radius 2 is 1.95 bits per heavy atom. The fourth-order valence-electron chi connectivity index (χ4n) is 1.62. The SMILES string of the molecule is CC(C)CCN(C)C(=O)c1cc(S(=O)(=O)Cl)cc(F)c1Cl. The summed E-state index contributed by atoms with van der Waals surface area (Å²) in [5.41, 5.74) is -0.220. The molecule has 0 atom stereocenters. The van der Waals surface area contributed by atoms with Crippen molar-refractivity contribution in [2.75, 3.05) is 13.6 Å². The molecule has 0 bridgehead atoms. The first-order valence-electron chi connectivity index (χ1n) is 6.23. The third-order valence-corrected chi connectivity index (χ3v) is 4.62. The van der Waals surface area contributed by atoms with Gasteiger partial charge in [0.1, 0.15) is 5.82 Å². The number of benzene rings is 1. The lowest BCUT2D eigenvalue weighted by Gasteiger charge is -2.19. The average Bonchev–Trinajstić information content (AvgIpc) is 2.36. The summed E-state index contributed by atoms with van der Waals surface area (Å²) in [5, 5.41) is -0.416. The summed E-state index contributed by atoms with van der Waals surface area (Å²) >= 11 is 5.76. The molecular formula is C13H16Cl2FNO3S. The molecule has 0 saturated heterocycles. The van der Waals surface area contributed by atoms with Crippen LogP contribution < -0.4 is 0 Å². The Labute approximate surface area is 133 Å². The number of hydrogen-bond acceptors (Lipinski definition) is 3. The number of carbonyl (C=O) groups excluding carboxylic acids is 1. The second kappa shape index (κ2) is 6.94. The van der Waals surface area contributed by atoms with Crippen LogP contribution in [0.2, 0.25) is 5.02 Å². The highest BCUT2D eigenvalue weighted by Crippen LogP contribution is 2.27. The van der Waals surface area contributed by atoms with Crippen molar-refractivity contribution in [3.05, 3.63) is 28.5 Å². The number of rotatable bonds is 5. The molecule has 0 aliphatic heterocycles. The minimum Gasteiger partial charge on any atom is -0.342 e. The molecule has 1 aromatic carbocycles. The normalized spacial score (nSPS) is 11.8. The zero-order valence-corrected chi connectivity index (χ0v) is 14.2. The summed E-state index contributed by atoms with van der Waals surface area (Å²) in [6, 6.07) is 1.68. The topological polar surface area (TPSA) is 54.5 Å². The van der Waals surface area contributed by atoms with Gasteiger partial charge in [0.2, 0.25) is 0 Å². The Balaban J connectivity index is 3.17. The van der Waals surface area contributed by atoms with E-state index in [4.69, 9.17) is 22.3 Å². The maximum Gasteiger partial charge on any atom is 0.261 e. The summed E-state index contributed by atoms with van der Waals surface area (Å²) < 4.78 is 36.3. The minimum atomic E-state index is -4.15. The molecule has 0 fully saturated rings. The van der Waals surface area contributed by atoms with E-state index in [0.717, 1.165) is 12.5 Å². The fraction of sp³-hybridized carbons (Fsp3) is 0.462. The first kappa shape index (κ1) is 18.2. The minimum absolute atomic E-state index is 0.220. The van der Waals surface area contributed by atoms with Gasteiger partial charge in [0.05, 0.1) is 15.5 Å². The Bertz CT molecular complexity index is 647. The molecule has 0 aliphatic carbocycles. The number of carbonyl (C=O) groups is 1. The molecule has 0 N–H and O–H groups in total. The van der Waals surface area contributed by atoms with Gasteiger partial charge in [-0.2, -0.15) is 0 Å². The molecule has 1 aromatic rings. The van der Waals surface area contributed by atoms with Crippen molar-refractivity contribution in [3.63, 3.8) is 0 Å². The highest BCUT2D eigenvalue weighted by molar-refractivity contribution is 8.13. The largest absolute Gasteiger partial charge is 0.342 e. The van der Waals surface area contributed by atoms with Crippen LogP contribution in [0.15, 0.2) is 17.0 Å². The zero-order chi connectivity index (χ0) is 16.4. The molecule has 0 radical (unpaired) electrons. The highest BCUT2D eigenvalue weighted by atomic mass is 35.7. The molecule has 0 spiro atoms. The van der Waals surface area contributed by atoms with Crippen molar-refractivity contribution in [2.24, 2.45) is 5.92 Å². The standard InChI is InChI=1S/C13H16Cl2FNO3S/c1-8(2)4-5-17(3)13(18)10-6-9(21(15,19)20)7-11(16)12(10)14/h6-8H,4-5H2,1-3H3. The summed E-state index contributed by atoms with van der Waals surface area (Å²) in [6.07, 6.45) is 0.760. The first-order chi connectivity index (χ1) is 9.54. The van der Waals surface area contributed by atoms with E-state index >= 15 is 0 Å². The Hall–Kier alpha value is -0.850. The van der Waals surface area contributed by atoms with Crippen LogP contribution in [0.1, 0.15) is 30.6 Å². The van der Waals surface area contributed by atoms with Gasteiger partial charge in [-0.1, -0.05) is 25.4 Å². The second-order valence-electron chi connectivity index (χ2n) is 5.11. The van der Waals surface area contributed by atoms with Crippen LogP contribution in [0.25, 0.3) is 0 Å². The van der Waals surface area contributed by atoms with E-state index in [2.05, 4.69) is 0 Å². The fourth-order valence-corrected chi connectivity index (χ4v) is 2.58. The predicted molar refractivity (Wildman–Crippen MR) is 80.9 cm³/mol. The molecular weight excluding hydrogens is 340 g/mol. The van der Waals surface area contributed by atoms with Gasteiger partial charge in [-0.05, 0) is 24.5 Å². The van der Waals surface area contributed by atoms with E-state index in [1.54, 1.807) is 7.05 Å². The van der Waals surface area contributed by atoms with Gasteiger partial charge in [0.15, 0.2) is 0 Å². The Kier molecular flexibility index (Phi) is 6.01. The summed E-state index contributed by atoms with van der Waals surface area (Å²) in [7, 11) is 2.58. The van der Waals surface area contributed by atoms with Crippen LogP contribution in [0.5, 0.6) is 0 Å². The molecule has 1 amide bonds. The zero-order valence-electron chi connectivity index (χ0n) is 11.9. The van der Waals surface area contributed by atoms with E-state index in [0.29, 0.717) is 18.5 Å². The van der Waals surface area contributed by atoms with Crippen molar-refractivity contribution < 1.29 is 17.6 Å². The van der Waals surface area contributed by atoms with Gasteiger partial charge in [0, 0.05) is 24.3 Å². The molecule has 21 heavy (non-hydrogen) atoms. The quantitative estimate of drug-likeness (QED) is 0.759. The third-order valence-electron chi connectivity index (χ3n) is 2.90. The van der Waals surface area contributed by atoms with Gasteiger partial charge in [0.25, 0.3) is 15.0 Å². The Morgan fingerprint density at radius 1 is 1.38 bits per heavy atom. The molecule has 0 aliphatic rings. The molecule has 118 valence electrons. The van der Waals surface area contributed by atoms with Crippen molar-refractivity contribution in [1.29, 1.82) is 0 Å². The average molecular weight is 356 g/mol. The molecule has 8 heteroatoms. The molecule has 0 heterocycles. The van der Waals surface area contributed by atoms with Gasteiger partial charge < -0.3 is 4.90 Å². The second-order valence-corrected chi connectivity index (χ2v) is 8.06. The van der Waals surface area contributed by atoms with Crippen molar-refractivity contribution in [2.45, 2.75) is 25.2 Å². The van der Waals surface area contributed by atoms with Crippen LogP contribution in [-0.2, 0) is 9.05 Å². The van der Waals surface area contributed by atoms with E-state index in [9.17, 15) is 17.6 Å². The monoisotopic (exact) mass is 355 g/mol. The van der Waals surface area contributed by atoms with Crippen LogP contribution >= 0.6 is 22.3 Å². The van der Waals surface area contributed by atoms with Crippen LogP contribution in [0.3, 0.4) is 0 Å². The number of amides is 1. The summed E-state index contributed by atoms with van der Waals surface area (Å²) in [4.78, 5) is 13.1. The summed E-state index contributed by atoms with van der Waals surface area (Å²) in [6.45, 7) is 4.46. The van der Waals surface area contributed by atoms with Crippen molar-refractivity contribution in [1.82, 2.24) is 4.90 Å². The van der Waals surface area contributed by atoms with Gasteiger partial charge in [-0.15, -0.1) is 0 Å². The maximum absolute atomic E-state index is 13.7. The molecule has 0 aromatic heterocycles. The molecule has 0 unspecified atom stereocenters. The number of nitrogens with zero attached hydrogens (tertiary/aromatic N) is 1.